The van der Waals surface area contributed by atoms with Crippen molar-refractivity contribution in [3.05, 3.63) is 77.2 Å². The Hall–Kier alpha value is -3.67. The van der Waals surface area contributed by atoms with E-state index in [0.29, 0.717) is 17.3 Å². The molecule has 0 bridgehead atoms. The van der Waals surface area contributed by atoms with Crippen LogP contribution in [0.25, 0.3) is 0 Å². The number of hydrogen-bond acceptors (Lipinski definition) is 5. The van der Waals surface area contributed by atoms with Gasteiger partial charge < -0.3 is 19.9 Å². The summed E-state index contributed by atoms with van der Waals surface area (Å²) >= 11 is 0. The van der Waals surface area contributed by atoms with Crippen LogP contribution in [-0.2, 0) is 6.18 Å². The van der Waals surface area contributed by atoms with Gasteiger partial charge in [0, 0.05) is 11.3 Å². The zero-order valence-corrected chi connectivity index (χ0v) is 16.5. The Morgan fingerprint density at radius 1 is 1.06 bits per heavy atom. The van der Waals surface area contributed by atoms with Crippen molar-refractivity contribution in [2.75, 3.05) is 17.3 Å². The summed E-state index contributed by atoms with van der Waals surface area (Å²) in [5, 5.41) is 2.63. The van der Waals surface area contributed by atoms with E-state index in [1.54, 1.807) is 30.3 Å². The van der Waals surface area contributed by atoms with Gasteiger partial charge in [-0.15, -0.1) is 0 Å². The second-order valence-corrected chi connectivity index (χ2v) is 7.09. The standard InChI is InChI=1S/C21H15F6N3O3/c22-20(23,24)10-33-17-8-13-15(9-14(17)21(25,26)27)29-30-18(13)11-3-5-12(6-4-11)28-19(31)16-2-1-7-32-16/h1-9,18,29-30H,10H2,(H,28,31). The highest BCUT2D eigenvalue weighted by Crippen LogP contribution is 2.44. The van der Waals surface area contributed by atoms with Gasteiger partial charge in [0.05, 0.1) is 23.6 Å². The van der Waals surface area contributed by atoms with Crippen molar-refractivity contribution in [3.8, 4) is 5.75 Å². The highest BCUT2D eigenvalue weighted by Gasteiger charge is 2.39. The molecule has 0 radical (unpaired) electrons. The zero-order valence-electron chi connectivity index (χ0n) is 16.5. The van der Waals surface area contributed by atoms with Crippen LogP contribution >= 0.6 is 0 Å². The van der Waals surface area contributed by atoms with Crippen LogP contribution in [0.1, 0.15) is 33.3 Å². The molecule has 33 heavy (non-hydrogen) atoms. The molecule has 3 N–H and O–H groups in total. The summed E-state index contributed by atoms with van der Waals surface area (Å²) in [6.07, 6.45) is -8.36. The first-order chi connectivity index (χ1) is 15.5. The maximum Gasteiger partial charge on any atom is 0.422 e. The minimum absolute atomic E-state index is 0.0573. The number of halogens is 6. The Bertz CT molecular complexity index is 1140. The number of ether oxygens (including phenoxy) is 1. The summed E-state index contributed by atoms with van der Waals surface area (Å²) in [6.45, 7) is -1.86. The molecule has 2 aromatic carbocycles. The van der Waals surface area contributed by atoms with Crippen molar-refractivity contribution in [1.82, 2.24) is 5.43 Å². The van der Waals surface area contributed by atoms with Crippen LogP contribution < -0.4 is 20.9 Å². The molecule has 1 aliphatic heterocycles. The van der Waals surface area contributed by atoms with E-state index in [1.807, 2.05) is 0 Å². The van der Waals surface area contributed by atoms with Gasteiger partial charge in [-0.3, -0.25) is 4.79 Å². The molecule has 12 heteroatoms. The molecule has 1 aliphatic rings. The molecule has 1 atom stereocenters. The molecule has 1 unspecified atom stereocenters. The third kappa shape index (κ3) is 5.06. The smallest absolute Gasteiger partial charge is 0.422 e. The molecule has 1 amide bonds. The van der Waals surface area contributed by atoms with Gasteiger partial charge in [0.1, 0.15) is 5.75 Å². The van der Waals surface area contributed by atoms with E-state index in [1.165, 1.54) is 12.3 Å². The van der Waals surface area contributed by atoms with E-state index in [-0.39, 0.29) is 17.0 Å². The third-order valence-electron chi connectivity index (χ3n) is 4.76. The predicted molar refractivity (Wildman–Crippen MR) is 105 cm³/mol. The third-order valence-corrected chi connectivity index (χ3v) is 4.76. The van der Waals surface area contributed by atoms with Crippen LogP contribution in [0.2, 0.25) is 0 Å². The van der Waals surface area contributed by atoms with Crippen molar-refractivity contribution >= 4 is 17.3 Å². The summed E-state index contributed by atoms with van der Waals surface area (Å²) in [7, 11) is 0. The van der Waals surface area contributed by atoms with E-state index in [2.05, 4.69) is 20.9 Å². The summed E-state index contributed by atoms with van der Waals surface area (Å²) in [6, 6.07) is 10.4. The Kier molecular flexibility index (Phi) is 5.70. The molecule has 1 aromatic heterocycles. The largest absolute Gasteiger partial charge is 0.483 e. The van der Waals surface area contributed by atoms with Gasteiger partial charge in [-0.25, -0.2) is 5.43 Å². The molecule has 0 fully saturated rings. The Labute approximate surface area is 182 Å². The molecular weight excluding hydrogens is 456 g/mol. The molecule has 2 heterocycles. The maximum atomic E-state index is 13.4. The normalized spacial score (nSPS) is 15.6. The molecule has 3 aromatic rings. The van der Waals surface area contributed by atoms with Crippen molar-refractivity contribution < 1.29 is 40.3 Å². The molecule has 0 saturated carbocycles. The van der Waals surface area contributed by atoms with Crippen molar-refractivity contribution in [2.24, 2.45) is 0 Å². The summed E-state index contributed by atoms with van der Waals surface area (Å²) < 4.78 is 87.2. The second-order valence-electron chi connectivity index (χ2n) is 7.09. The highest BCUT2D eigenvalue weighted by molar-refractivity contribution is 6.02. The molecule has 4 rings (SSSR count). The molecular formula is C21H15F6N3O3. The van der Waals surface area contributed by atoms with E-state index >= 15 is 0 Å². The minimum Gasteiger partial charge on any atom is -0.483 e. The quantitative estimate of drug-likeness (QED) is 0.428. The number of nitrogens with one attached hydrogen (secondary N) is 3. The second kappa shape index (κ2) is 8.35. The predicted octanol–water partition coefficient (Wildman–Crippen LogP) is 5.51. The summed E-state index contributed by atoms with van der Waals surface area (Å²) in [5.41, 5.74) is 5.44. The SMILES string of the molecule is O=C(Nc1ccc(C2NNc3cc(C(F)(F)F)c(OCC(F)(F)F)cc32)cc1)c1ccco1. The van der Waals surface area contributed by atoms with Crippen LogP contribution in [-0.4, -0.2) is 18.7 Å². The molecule has 174 valence electrons. The Morgan fingerprint density at radius 3 is 2.39 bits per heavy atom. The first-order valence-electron chi connectivity index (χ1n) is 9.42. The lowest BCUT2D eigenvalue weighted by atomic mass is 9.97. The van der Waals surface area contributed by atoms with Gasteiger partial charge in [-0.05, 0) is 42.0 Å². The number of carbonyl (C=O) groups is 1. The lowest BCUT2D eigenvalue weighted by Gasteiger charge is -2.18. The summed E-state index contributed by atoms with van der Waals surface area (Å²) in [5.74, 6) is -1.28. The molecule has 0 saturated heterocycles. The number of amides is 1. The zero-order chi connectivity index (χ0) is 23.8. The van der Waals surface area contributed by atoms with Crippen LogP contribution in [0.15, 0.2) is 59.2 Å². The molecule has 0 aliphatic carbocycles. The fraction of sp³-hybridized carbons (Fsp3) is 0.190. The van der Waals surface area contributed by atoms with E-state index in [9.17, 15) is 31.1 Å². The van der Waals surface area contributed by atoms with Crippen molar-refractivity contribution in [2.45, 2.75) is 18.4 Å². The average Bonchev–Trinajstić information content (AvgIpc) is 3.41. The van der Waals surface area contributed by atoms with Gasteiger partial charge in [-0.2, -0.15) is 26.3 Å². The number of rotatable bonds is 5. The van der Waals surface area contributed by atoms with E-state index < -0.39 is 42.2 Å². The van der Waals surface area contributed by atoms with Gasteiger partial charge in [0.2, 0.25) is 0 Å². The van der Waals surface area contributed by atoms with Gasteiger partial charge in [0.25, 0.3) is 5.91 Å². The first kappa shape index (κ1) is 22.5. The molecule has 0 spiro atoms. The fourth-order valence-corrected chi connectivity index (χ4v) is 3.29. The van der Waals surface area contributed by atoms with Gasteiger partial charge in [0.15, 0.2) is 12.4 Å². The van der Waals surface area contributed by atoms with Crippen LogP contribution in [0.5, 0.6) is 5.75 Å². The lowest BCUT2D eigenvalue weighted by Crippen LogP contribution is -2.21. The first-order valence-corrected chi connectivity index (χ1v) is 9.42. The number of hydrazine groups is 1. The fourth-order valence-electron chi connectivity index (χ4n) is 3.29. The summed E-state index contributed by atoms with van der Waals surface area (Å²) in [4.78, 5) is 12.0. The number of anilines is 2. The van der Waals surface area contributed by atoms with E-state index in [0.717, 1.165) is 6.07 Å². The van der Waals surface area contributed by atoms with Gasteiger partial charge >= 0.3 is 12.4 Å². The average molecular weight is 471 g/mol. The highest BCUT2D eigenvalue weighted by atomic mass is 19.4. The number of benzene rings is 2. The number of furan rings is 1. The van der Waals surface area contributed by atoms with Gasteiger partial charge in [-0.1, -0.05) is 12.1 Å². The maximum absolute atomic E-state index is 13.4. The minimum atomic E-state index is -4.91. The van der Waals surface area contributed by atoms with Crippen LogP contribution in [0.4, 0.5) is 37.7 Å². The number of hydrogen-bond donors (Lipinski definition) is 3. The lowest BCUT2D eigenvalue weighted by molar-refractivity contribution is -0.158. The monoisotopic (exact) mass is 471 g/mol. The Morgan fingerprint density at radius 2 is 1.79 bits per heavy atom. The van der Waals surface area contributed by atoms with Crippen LogP contribution in [0.3, 0.4) is 0 Å². The number of carbonyl (C=O) groups excluding carboxylic acids is 1. The topological polar surface area (TPSA) is 75.5 Å². The van der Waals surface area contributed by atoms with E-state index in [4.69, 9.17) is 4.42 Å². The number of alkyl halides is 6. The van der Waals surface area contributed by atoms with Crippen molar-refractivity contribution in [1.29, 1.82) is 0 Å². The Balaban J connectivity index is 1.58. The number of fused-ring (bicyclic) bond motifs is 1. The van der Waals surface area contributed by atoms with Crippen LogP contribution in [0, 0.1) is 0 Å². The van der Waals surface area contributed by atoms with Crippen molar-refractivity contribution in [3.63, 3.8) is 0 Å². The molecule has 6 nitrogen and oxygen atoms in total.